The number of carbonyl (C=O) groups excluding carboxylic acids is 1. The molecule has 0 aliphatic heterocycles. The maximum Gasteiger partial charge on any atom is 0.516 e. The molecule has 1 atom stereocenters. The smallest absolute Gasteiger partial charge is 0.478 e. The van der Waals surface area contributed by atoms with Crippen LogP contribution in [0, 0.1) is 5.92 Å². The van der Waals surface area contributed by atoms with Crippen LogP contribution in [0.15, 0.2) is 12.2 Å². The molecule has 0 aromatic heterocycles. The number of carboxylic acids is 1. The van der Waals surface area contributed by atoms with Crippen LogP contribution in [-0.2, 0) is 26.7 Å². The van der Waals surface area contributed by atoms with Crippen LogP contribution in [0.2, 0.25) is 58.9 Å². The molecule has 0 spiro atoms. The lowest BCUT2D eigenvalue weighted by atomic mass is 10.0. The monoisotopic (exact) mass is 494 g/mol. The van der Waals surface area contributed by atoms with Gasteiger partial charge in [0.1, 0.15) is 0 Å². The first-order chi connectivity index (χ1) is 13.2. The highest BCUT2D eigenvalue weighted by Crippen LogP contribution is 2.43. The van der Waals surface area contributed by atoms with Crippen molar-refractivity contribution in [3.63, 3.8) is 0 Å². The Morgan fingerprint density at radius 2 is 1.20 bits per heavy atom. The SMILES string of the molecule is CCC(OC(=O)C=CC(=O)O)(C(C)C)[Si](O[Si](C)(C)C)(O[Si](C)(C)C)O[Si](C)(C)C. The topological polar surface area (TPSA) is 91.3 Å². The van der Waals surface area contributed by atoms with Crippen molar-refractivity contribution in [3.8, 4) is 0 Å². The zero-order valence-corrected chi connectivity index (χ0v) is 24.8. The van der Waals surface area contributed by atoms with E-state index in [4.69, 9.17) is 22.2 Å². The van der Waals surface area contributed by atoms with Gasteiger partial charge >= 0.3 is 20.7 Å². The number of esters is 1. The molecule has 0 rings (SSSR count). The summed E-state index contributed by atoms with van der Waals surface area (Å²) in [5, 5.41) is 7.77. The minimum Gasteiger partial charge on any atom is -0.478 e. The van der Waals surface area contributed by atoms with Gasteiger partial charge in [0.25, 0.3) is 0 Å². The number of ether oxygens (including phenoxy) is 1. The second kappa shape index (κ2) is 10.4. The van der Waals surface area contributed by atoms with E-state index in [0.717, 1.165) is 12.2 Å². The van der Waals surface area contributed by atoms with E-state index in [-0.39, 0.29) is 5.92 Å². The molecule has 30 heavy (non-hydrogen) atoms. The molecule has 0 aliphatic rings. The molecule has 0 aromatic carbocycles. The van der Waals surface area contributed by atoms with Gasteiger partial charge in [-0.1, -0.05) is 20.8 Å². The summed E-state index contributed by atoms with van der Waals surface area (Å²) in [5.41, 5.74) is 0. The van der Waals surface area contributed by atoms with E-state index >= 15 is 0 Å². The van der Waals surface area contributed by atoms with Gasteiger partial charge < -0.3 is 22.2 Å². The lowest BCUT2D eigenvalue weighted by Gasteiger charge is -2.53. The van der Waals surface area contributed by atoms with Crippen molar-refractivity contribution in [1.82, 2.24) is 0 Å². The fourth-order valence-corrected chi connectivity index (χ4v) is 17.9. The summed E-state index contributed by atoms with van der Waals surface area (Å²) in [6.45, 7) is 24.5. The van der Waals surface area contributed by atoms with Crippen LogP contribution in [0.25, 0.3) is 0 Å². The maximum absolute atomic E-state index is 12.7. The second-order valence-electron chi connectivity index (χ2n) is 10.7. The molecule has 11 heteroatoms. The van der Waals surface area contributed by atoms with Gasteiger partial charge in [-0.05, 0) is 71.3 Å². The Morgan fingerprint density at radius 1 is 0.833 bits per heavy atom. The zero-order valence-electron chi connectivity index (χ0n) is 20.8. The standard InChI is InChI=1S/C19H42O7Si4/c1-13-19(16(2)3,23-18(22)15-14-17(20)21)30(24-27(4,5)6,25-28(7,8)9)26-29(10,11)12/h14-16H,13H2,1-12H3,(H,20,21). The molecular formula is C19H42O7Si4. The van der Waals surface area contributed by atoms with Gasteiger partial charge in [0.2, 0.25) is 0 Å². The lowest BCUT2D eigenvalue weighted by molar-refractivity contribution is -0.155. The molecule has 0 bridgehead atoms. The number of carbonyl (C=O) groups is 2. The Bertz CT molecular complexity index is 589. The minimum atomic E-state index is -3.60. The Morgan fingerprint density at radius 3 is 1.43 bits per heavy atom. The molecule has 1 N–H and O–H groups in total. The van der Waals surface area contributed by atoms with Crippen molar-refractivity contribution in [3.05, 3.63) is 12.2 Å². The Balaban J connectivity index is 6.90. The molecule has 0 heterocycles. The highest BCUT2D eigenvalue weighted by atomic mass is 28.5. The van der Waals surface area contributed by atoms with Crippen LogP contribution < -0.4 is 0 Å². The fourth-order valence-electron chi connectivity index (χ4n) is 3.11. The summed E-state index contributed by atoms with van der Waals surface area (Å²) >= 11 is 0. The third-order valence-electron chi connectivity index (χ3n) is 3.94. The van der Waals surface area contributed by atoms with E-state index in [1.54, 1.807) is 0 Å². The number of hydrogen-bond donors (Lipinski definition) is 1. The number of aliphatic carboxylic acids is 1. The molecule has 176 valence electrons. The van der Waals surface area contributed by atoms with Gasteiger partial charge in [0, 0.05) is 12.2 Å². The summed E-state index contributed by atoms with van der Waals surface area (Å²) in [5.74, 6) is -2.11. The second-order valence-corrected chi connectivity index (χ2v) is 27.8. The normalized spacial score (nSPS) is 16.0. The van der Waals surface area contributed by atoms with Crippen LogP contribution in [-0.4, -0.2) is 56.0 Å². The van der Waals surface area contributed by atoms with Crippen molar-refractivity contribution < 1.29 is 31.8 Å². The molecule has 0 aliphatic carbocycles. The average Bonchev–Trinajstić information content (AvgIpc) is 2.44. The van der Waals surface area contributed by atoms with Crippen LogP contribution in [0.1, 0.15) is 27.2 Å². The molecule has 0 saturated heterocycles. The van der Waals surface area contributed by atoms with Gasteiger partial charge in [0.05, 0.1) is 0 Å². The number of rotatable bonds is 12. The Kier molecular flexibility index (Phi) is 10.2. The summed E-state index contributed by atoms with van der Waals surface area (Å²) in [7, 11) is -10.2. The summed E-state index contributed by atoms with van der Waals surface area (Å²) in [6, 6.07) is 0. The van der Waals surface area contributed by atoms with E-state index in [0.29, 0.717) is 6.42 Å². The first kappa shape index (κ1) is 29.4. The van der Waals surface area contributed by atoms with Crippen LogP contribution in [0.3, 0.4) is 0 Å². The Hall–Kier alpha value is -0.572. The molecular weight excluding hydrogens is 453 g/mol. The van der Waals surface area contributed by atoms with Crippen molar-refractivity contribution in [1.29, 1.82) is 0 Å². The quantitative estimate of drug-likeness (QED) is 0.232. The molecule has 7 nitrogen and oxygen atoms in total. The minimum absolute atomic E-state index is 0.166. The van der Waals surface area contributed by atoms with Gasteiger partial charge in [-0.25, -0.2) is 9.59 Å². The van der Waals surface area contributed by atoms with E-state index in [9.17, 15) is 9.59 Å². The predicted octanol–water partition coefficient (Wildman–Crippen LogP) is 5.01. The molecule has 0 aromatic rings. The van der Waals surface area contributed by atoms with Crippen LogP contribution in [0.5, 0.6) is 0 Å². The molecule has 0 saturated carbocycles. The Labute approximate surface area is 186 Å². The third-order valence-corrected chi connectivity index (χ3v) is 16.6. The van der Waals surface area contributed by atoms with Gasteiger partial charge in [-0.2, -0.15) is 0 Å². The fraction of sp³-hybridized carbons (Fsp3) is 0.789. The molecule has 1 unspecified atom stereocenters. The zero-order chi connectivity index (χ0) is 24.2. The molecule has 0 fully saturated rings. The van der Waals surface area contributed by atoms with E-state index in [1.807, 2.05) is 20.8 Å². The van der Waals surface area contributed by atoms with Crippen molar-refractivity contribution in [2.45, 2.75) is 91.3 Å². The average molecular weight is 495 g/mol. The third kappa shape index (κ3) is 9.28. The first-order valence-corrected chi connectivity index (χ1v) is 22.4. The number of hydrogen-bond acceptors (Lipinski definition) is 6. The van der Waals surface area contributed by atoms with Gasteiger partial charge in [-0.15, -0.1) is 0 Å². The van der Waals surface area contributed by atoms with E-state index in [2.05, 4.69) is 58.9 Å². The van der Waals surface area contributed by atoms with E-state index in [1.165, 1.54) is 0 Å². The highest BCUT2D eigenvalue weighted by molar-refractivity contribution is 6.91. The van der Waals surface area contributed by atoms with Gasteiger partial charge in [-0.3, -0.25) is 0 Å². The van der Waals surface area contributed by atoms with E-state index < -0.39 is 50.9 Å². The van der Waals surface area contributed by atoms with Gasteiger partial charge in [0.15, 0.2) is 30.2 Å². The largest absolute Gasteiger partial charge is 0.516 e. The summed E-state index contributed by atoms with van der Waals surface area (Å²) in [6.07, 6.45) is 2.15. The van der Waals surface area contributed by atoms with Crippen LogP contribution in [0.4, 0.5) is 0 Å². The first-order valence-electron chi connectivity index (χ1n) is 10.4. The van der Waals surface area contributed by atoms with Crippen molar-refractivity contribution >= 4 is 45.7 Å². The van der Waals surface area contributed by atoms with Crippen LogP contribution >= 0.6 is 0 Å². The summed E-state index contributed by atoms with van der Waals surface area (Å²) < 4.78 is 26.5. The maximum atomic E-state index is 12.7. The molecule has 0 radical (unpaired) electrons. The predicted molar refractivity (Wildman–Crippen MR) is 130 cm³/mol. The van der Waals surface area contributed by atoms with Crippen molar-refractivity contribution in [2.24, 2.45) is 5.92 Å². The highest BCUT2D eigenvalue weighted by Gasteiger charge is 2.68. The van der Waals surface area contributed by atoms with Crippen molar-refractivity contribution in [2.75, 3.05) is 0 Å². The summed E-state index contributed by atoms with van der Waals surface area (Å²) in [4.78, 5) is 23.6. The lowest BCUT2D eigenvalue weighted by Crippen LogP contribution is -2.75. The molecule has 0 amide bonds. The number of carboxylic acid groups (broad SMARTS) is 1.